The average Bonchev–Trinajstić information content (AvgIpc) is 2.17. The third-order valence-electron chi connectivity index (χ3n) is 2.54. The Balaban J connectivity index is 0.00000128. The van der Waals surface area contributed by atoms with Crippen molar-refractivity contribution in [3.05, 3.63) is 34.3 Å². The third-order valence-corrected chi connectivity index (χ3v) is 2.77. The lowest BCUT2D eigenvalue weighted by Crippen LogP contribution is -2.35. The van der Waals surface area contributed by atoms with Crippen LogP contribution < -0.4 is 5.32 Å². The van der Waals surface area contributed by atoms with Gasteiger partial charge in [-0.3, -0.25) is 0 Å². The van der Waals surface area contributed by atoms with E-state index in [-0.39, 0.29) is 24.5 Å². The second-order valence-corrected chi connectivity index (χ2v) is 4.06. The lowest BCUT2D eigenvalue weighted by Gasteiger charge is -2.25. The molecule has 1 fully saturated rings. The minimum atomic E-state index is -0.347. The van der Waals surface area contributed by atoms with Gasteiger partial charge in [0.15, 0.2) is 0 Å². The molecule has 0 aliphatic carbocycles. The summed E-state index contributed by atoms with van der Waals surface area (Å²) >= 11 is 5.87. The number of alkyl carbamates (subject to hydrolysis) is 1. The van der Waals surface area contributed by atoms with Crippen LogP contribution in [0.1, 0.15) is 23.6 Å². The number of rotatable bonds is 1. The zero-order valence-electron chi connectivity index (χ0n) is 8.83. The van der Waals surface area contributed by atoms with Crippen molar-refractivity contribution in [2.24, 2.45) is 0 Å². The second-order valence-electron chi connectivity index (χ2n) is 3.62. The zero-order chi connectivity index (χ0) is 10.8. The van der Waals surface area contributed by atoms with Gasteiger partial charge in [0.25, 0.3) is 0 Å². The number of carbonyl (C=O) groups excluding carboxylic acids is 1. The fourth-order valence-electron chi connectivity index (χ4n) is 1.79. The van der Waals surface area contributed by atoms with Crippen molar-refractivity contribution >= 4 is 30.1 Å². The minimum Gasteiger partial charge on any atom is -0.449 e. The monoisotopic (exact) mass is 261 g/mol. The zero-order valence-corrected chi connectivity index (χ0v) is 10.4. The van der Waals surface area contributed by atoms with Gasteiger partial charge in [0, 0.05) is 11.4 Å². The van der Waals surface area contributed by atoms with Crippen LogP contribution in [0, 0.1) is 6.92 Å². The Morgan fingerprint density at radius 1 is 1.50 bits per heavy atom. The Kier molecular flexibility index (Phi) is 4.44. The van der Waals surface area contributed by atoms with Crippen molar-refractivity contribution in [2.45, 2.75) is 19.4 Å². The first kappa shape index (κ1) is 13.1. The SMILES string of the molecule is Cc1cc(Cl)ccc1[C@@H]1CCOC(=O)N1.Cl. The minimum absolute atomic E-state index is 0. The number of benzene rings is 1. The summed E-state index contributed by atoms with van der Waals surface area (Å²) in [7, 11) is 0. The number of amides is 1. The van der Waals surface area contributed by atoms with Crippen molar-refractivity contribution in [2.75, 3.05) is 6.61 Å². The standard InChI is InChI=1S/C11H12ClNO2.ClH/c1-7-6-8(12)2-3-9(7)10-4-5-15-11(14)13-10;/h2-3,6,10H,4-5H2,1H3,(H,13,14);1H/t10-;/m0./s1. The van der Waals surface area contributed by atoms with E-state index in [9.17, 15) is 4.79 Å². The van der Waals surface area contributed by atoms with Crippen molar-refractivity contribution in [3.63, 3.8) is 0 Å². The summed E-state index contributed by atoms with van der Waals surface area (Å²) in [5.74, 6) is 0. The summed E-state index contributed by atoms with van der Waals surface area (Å²) in [4.78, 5) is 11.1. The van der Waals surface area contributed by atoms with E-state index >= 15 is 0 Å². The summed E-state index contributed by atoms with van der Waals surface area (Å²) in [5, 5.41) is 3.51. The molecule has 2 rings (SSSR count). The third kappa shape index (κ3) is 2.80. The molecule has 16 heavy (non-hydrogen) atoms. The highest BCUT2D eigenvalue weighted by molar-refractivity contribution is 6.30. The topological polar surface area (TPSA) is 38.3 Å². The molecule has 3 nitrogen and oxygen atoms in total. The van der Waals surface area contributed by atoms with Crippen LogP contribution in [0.4, 0.5) is 4.79 Å². The Hall–Kier alpha value is -0.930. The summed E-state index contributed by atoms with van der Waals surface area (Å²) in [5.41, 5.74) is 2.20. The molecule has 0 radical (unpaired) electrons. The number of cyclic esters (lactones) is 1. The average molecular weight is 262 g/mol. The van der Waals surface area contributed by atoms with Crippen molar-refractivity contribution < 1.29 is 9.53 Å². The number of nitrogens with one attached hydrogen (secondary N) is 1. The Morgan fingerprint density at radius 2 is 2.25 bits per heavy atom. The normalized spacial score (nSPS) is 19.4. The molecule has 1 aliphatic heterocycles. The van der Waals surface area contributed by atoms with E-state index < -0.39 is 0 Å². The molecule has 0 spiro atoms. The smallest absolute Gasteiger partial charge is 0.407 e. The van der Waals surface area contributed by atoms with Gasteiger partial charge in [0.2, 0.25) is 0 Å². The number of aryl methyl sites for hydroxylation is 1. The van der Waals surface area contributed by atoms with Gasteiger partial charge in [-0.2, -0.15) is 0 Å². The van der Waals surface area contributed by atoms with E-state index in [2.05, 4.69) is 5.32 Å². The number of halogens is 2. The molecule has 5 heteroatoms. The van der Waals surface area contributed by atoms with Crippen LogP contribution in [0.25, 0.3) is 0 Å². The van der Waals surface area contributed by atoms with Crippen molar-refractivity contribution in [1.82, 2.24) is 5.32 Å². The molecule has 1 amide bonds. The summed E-state index contributed by atoms with van der Waals surface area (Å²) in [6.07, 6.45) is 0.453. The van der Waals surface area contributed by atoms with Crippen LogP contribution in [0.2, 0.25) is 5.02 Å². The number of ether oxygens (including phenoxy) is 1. The van der Waals surface area contributed by atoms with Crippen LogP contribution in [-0.2, 0) is 4.74 Å². The van der Waals surface area contributed by atoms with Crippen LogP contribution in [0.3, 0.4) is 0 Å². The molecule has 0 bridgehead atoms. The van der Waals surface area contributed by atoms with Crippen LogP contribution in [-0.4, -0.2) is 12.7 Å². The van der Waals surface area contributed by atoms with E-state index in [0.717, 1.165) is 22.6 Å². The van der Waals surface area contributed by atoms with Gasteiger partial charge in [-0.15, -0.1) is 12.4 Å². The Morgan fingerprint density at radius 3 is 2.88 bits per heavy atom. The van der Waals surface area contributed by atoms with E-state index in [1.54, 1.807) is 0 Å². The van der Waals surface area contributed by atoms with Gasteiger partial charge in [-0.1, -0.05) is 17.7 Å². The predicted molar refractivity (Wildman–Crippen MR) is 65.3 cm³/mol. The van der Waals surface area contributed by atoms with Gasteiger partial charge in [-0.25, -0.2) is 4.79 Å². The first-order chi connectivity index (χ1) is 7.16. The quantitative estimate of drug-likeness (QED) is 0.843. The van der Waals surface area contributed by atoms with E-state index in [1.807, 2.05) is 25.1 Å². The molecule has 1 aromatic carbocycles. The van der Waals surface area contributed by atoms with E-state index in [4.69, 9.17) is 16.3 Å². The first-order valence-corrected chi connectivity index (χ1v) is 5.24. The molecule has 1 saturated heterocycles. The molecule has 1 aliphatic rings. The van der Waals surface area contributed by atoms with Gasteiger partial charge in [0.1, 0.15) is 0 Å². The molecule has 1 N–H and O–H groups in total. The second kappa shape index (κ2) is 5.41. The molecule has 1 heterocycles. The lowest BCUT2D eigenvalue weighted by molar-refractivity contribution is 0.115. The number of hydrogen-bond donors (Lipinski definition) is 1. The molecular weight excluding hydrogens is 249 g/mol. The maximum Gasteiger partial charge on any atom is 0.407 e. The largest absolute Gasteiger partial charge is 0.449 e. The summed E-state index contributed by atoms with van der Waals surface area (Å²) in [6, 6.07) is 5.74. The van der Waals surface area contributed by atoms with Crippen LogP contribution in [0.15, 0.2) is 18.2 Å². The van der Waals surface area contributed by atoms with Crippen molar-refractivity contribution in [1.29, 1.82) is 0 Å². The van der Waals surface area contributed by atoms with Gasteiger partial charge in [0.05, 0.1) is 12.6 Å². The Labute approximate surface area is 106 Å². The number of hydrogen-bond acceptors (Lipinski definition) is 2. The molecule has 0 unspecified atom stereocenters. The highest BCUT2D eigenvalue weighted by Gasteiger charge is 2.21. The lowest BCUT2D eigenvalue weighted by atomic mass is 9.99. The fraction of sp³-hybridized carbons (Fsp3) is 0.364. The molecule has 1 aromatic rings. The van der Waals surface area contributed by atoms with Gasteiger partial charge < -0.3 is 10.1 Å². The summed E-state index contributed by atoms with van der Waals surface area (Å²) < 4.78 is 4.82. The molecule has 88 valence electrons. The van der Waals surface area contributed by atoms with Crippen molar-refractivity contribution in [3.8, 4) is 0 Å². The van der Waals surface area contributed by atoms with Crippen LogP contribution >= 0.6 is 24.0 Å². The molecule has 0 aromatic heterocycles. The maximum absolute atomic E-state index is 11.1. The predicted octanol–water partition coefficient (Wildman–Crippen LogP) is 3.24. The summed E-state index contributed by atoms with van der Waals surface area (Å²) in [6.45, 7) is 2.46. The van der Waals surface area contributed by atoms with Gasteiger partial charge in [-0.05, 0) is 30.2 Å². The highest BCUT2D eigenvalue weighted by Crippen LogP contribution is 2.25. The van der Waals surface area contributed by atoms with Crippen LogP contribution in [0.5, 0.6) is 0 Å². The number of carbonyl (C=O) groups is 1. The highest BCUT2D eigenvalue weighted by atomic mass is 35.5. The maximum atomic E-state index is 11.1. The van der Waals surface area contributed by atoms with Gasteiger partial charge >= 0.3 is 6.09 Å². The van der Waals surface area contributed by atoms with E-state index in [0.29, 0.717) is 6.61 Å². The molecule has 1 atom stereocenters. The fourth-order valence-corrected chi connectivity index (χ4v) is 2.02. The Bertz CT molecular complexity index is 396. The molecular formula is C11H13Cl2NO2. The van der Waals surface area contributed by atoms with E-state index in [1.165, 1.54) is 0 Å². The molecule has 0 saturated carbocycles. The first-order valence-electron chi connectivity index (χ1n) is 4.86.